The number of alkyl halides is 3. The Morgan fingerprint density at radius 1 is 1.38 bits per heavy atom. The quantitative estimate of drug-likeness (QED) is 0.637. The molecule has 0 saturated heterocycles. The maximum absolute atomic E-state index is 12.5. The third-order valence-electron chi connectivity index (χ3n) is 1.81. The fourth-order valence-electron chi connectivity index (χ4n) is 1.11. The molecule has 0 amide bonds. The lowest BCUT2D eigenvalue weighted by Crippen LogP contribution is -2.12. The normalized spacial score (nSPS) is 13.9. The monoisotopic (exact) mass is 291 g/mol. The van der Waals surface area contributed by atoms with Crippen molar-refractivity contribution >= 4 is 40.1 Å². The molecular weight excluding hydrogens is 286 g/mol. The molecule has 0 bridgehead atoms. The molecule has 2 nitrogen and oxygen atoms in total. The number of nitrogens with two attached hydrogens (primary N) is 1. The molecule has 8 heteroatoms. The molecule has 0 fully saturated rings. The second kappa shape index (κ2) is 4.52. The van der Waals surface area contributed by atoms with Crippen molar-refractivity contribution in [3.63, 3.8) is 0 Å². The summed E-state index contributed by atoms with van der Waals surface area (Å²) >= 11 is 9.57. The topological polar surface area (TPSA) is 49.1 Å². The standard InChI is InChI=1S/C8H6Cl2F3NOS/c1-16(15)7-4(9)2-3(8(11,12)13)6(14)5(7)10/h2H,14H2,1H3. The van der Waals surface area contributed by atoms with Crippen molar-refractivity contribution in [2.45, 2.75) is 11.1 Å². The van der Waals surface area contributed by atoms with Gasteiger partial charge in [-0.15, -0.1) is 0 Å². The van der Waals surface area contributed by atoms with Gasteiger partial charge in [-0.3, -0.25) is 0 Å². The minimum atomic E-state index is -4.65. The van der Waals surface area contributed by atoms with Crippen molar-refractivity contribution in [2.75, 3.05) is 12.0 Å². The van der Waals surface area contributed by atoms with Crippen LogP contribution >= 0.6 is 23.2 Å². The second-order valence-corrected chi connectivity index (χ2v) is 5.02. The van der Waals surface area contributed by atoms with Gasteiger partial charge in [0.05, 0.1) is 16.3 Å². The molecule has 16 heavy (non-hydrogen) atoms. The van der Waals surface area contributed by atoms with Crippen LogP contribution in [0.15, 0.2) is 11.0 Å². The molecule has 90 valence electrons. The summed E-state index contributed by atoms with van der Waals surface area (Å²) in [6.45, 7) is 0. The van der Waals surface area contributed by atoms with Gasteiger partial charge in [0.1, 0.15) is 11.3 Å². The van der Waals surface area contributed by atoms with Crippen LogP contribution in [0.1, 0.15) is 5.56 Å². The molecule has 0 heterocycles. The zero-order chi connectivity index (χ0) is 12.7. The van der Waals surface area contributed by atoms with Gasteiger partial charge in [0.2, 0.25) is 0 Å². The maximum atomic E-state index is 12.5. The van der Waals surface area contributed by atoms with Gasteiger partial charge in [0.15, 0.2) is 4.90 Å². The highest BCUT2D eigenvalue weighted by Crippen LogP contribution is 2.42. The lowest BCUT2D eigenvalue weighted by atomic mass is 10.2. The van der Waals surface area contributed by atoms with Gasteiger partial charge in [-0.05, 0) is 17.2 Å². The molecule has 2 N–H and O–H groups in total. The lowest BCUT2D eigenvalue weighted by Gasteiger charge is -2.15. The first-order valence-electron chi connectivity index (χ1n) is 3.84. The predicted octanol–water partition coefficient (Wildman–Crippen LogP) is 3.33. The smallest absolute Gasteiger partial charge is 0.418 e. The first kappa shape index (κ1) is 13.8. The Balaban J connectivity index is 3.52. The first-order chi connectivity index (χ1) is 7.16. The third-order valence-corrected chi connectivity index (χ3v) is 3.72. The molecule has 1 atom stereocenters. The van der Waals surface area contributed by atoms with E-state index in [4.69, 9.17) is 28.9 Å². The summed E-state index contributed by atoms with van der Waals surface area (Å²) in [5, 5.41) is -0.729. The molecule has 0 aliphatic rings. The highest BCUT2D eigenvalue weighted by Gasteiger charge is 2.36. The minimum Gasteiger partial charge on any atom is -0.612 e. The number of halogens is 5. The van der Waals surface area contributed by atoms with Crippen LogP contribution in [-0.2, 0) is 17.4 Å². The number of rotatable bonds is 1. The molecule has 0 radical (unpaired) electrons. The maximum Gasteiger partial charge on any atom is 0.418 e. The van der Waals surface area contributed by atoms with Crippen LogP contribution in [0.3, 0.4) is 0 Å². The molecule has 0 aromatic heterocycles. The van der Waals surface area contributed by atoms with Crippen molar-refractivity contribution in [3.05, 3.63) is 21.7 Å². The Kier molecular flexibility index (Phi) is 3.89. The molecule has 1 unspecified atom stereocenters. The van der Waals surface area contributed by atoms with Crippen molar-refractivity contribution in [3.8, 4) is 0 Å². The van der Waals surface area contributed by atoms with Gasteiger partial charge in [0, 0.05) is 0 Å². The molecule has 0 aliphatic heterocycles. The molecular formula is C8H6Cl2F3NOS. The van der Waals surface area contributed by atoms with Gasteiger partial charge in [-0.2, -0.15) is 13.2 Å². The van der Waals surface area contributed by atoms with E-state index in [0.717, 1.165) is 0 Å². The van der Waals surface area contributed by atoms with E-state index < -0.39 is 33.6 Å². The number of benzene rings is 1. The second-order valence-electron chi connectivity index (χ2n) is 2.91. The highest BCUT2D eigenvalue weighted by molar-refractivity contribution is 7.91. The van der Waals surface area contributed by atoms with Gasteiger partial charge in [-0.25, -0.2) is 0 Å². The number of nitrogen functional groups attached to an aromatic ring is 1. The minimum absolute atomic E-state index is 0.0890. The summed E-state index contributed by atoms with van der Waals surface area (Å²) in [5.41, 5.74) is 3.44. The van der Waals surface area contributed by atoms with E-state index in [9.17, 15) is 17.7 Å². The Morgan fingerprint density at radius 3 is 2.25 bits per heavy atom. The van der Waals surface area contributed by atoms with Gasteiger partial charge in [-0.1, -0.05) is 23.2 Å². The zero-order valence-electron chi connectivity index (χ0n) is 7.86. The summed E-state index contributed by atoms with van der Waals surface area (Å²) in [4.78, 5) is -0.0890. The molecule has 1 aromatic rings. The van der Waals surface area contributed by atoms with Gasteiger partial charge >= 0.3 is 6.18 Å². The SMILES string of the molecule is C[S+]([O-])c1c(Cl)cc(C(F)(F)F)c(N)c1Cl. The van der Waals surface area contributed by atoms with E-state index in [-0.39, 0.29) is 9.92 Å². The van der Waals surface area contributed by atoms with E-state index in [1.165, 1.54) is 6.26 Å². The predicted molar refractivity (Wildman–Crippen MR) is 58.2 cm³/mol. The van der Waals surface area contributed by atoms with E-state index in [0.29, 0.717) is 6.07 Å². The fraction of sp³-hybridized carbons (Fsp3) is 0.250. The molecule has 0 saturated carbocycles. The summed E-state index contributed by atoms with van der Waals surface area (Å²) in [5.74, 6) is 0. The zero-order valence-corrected chi connectivity index (χ0v) is 10.2. The molecule has 1 rings (SSSR count). The van der Waals surface area contributed by atoms with Crippen LogP contribution in [0.4, 0.5) is 18.9 Å². The van der Waals surface area contributed by atoms with E-state index in [2.05, 4.69) is 0 Å². The Bertz CT molecular complexity index is 423. The van der Waals surface area contributed by atoms with Crippen molar-refractivity contribution in [2.24, 2.45) is 0 Å². The van der Waals surface area contributed by atoms with Crippen LogP contribution in [0, 0.1) is 0 Å². The largest absolute Gasteiger partial charge is 0.612 e. The van der Waals surface area contributed by atoms with Gasteiger partial charge < -0.3 is 10.3 Å². The van der Waals surface area contributed by atoms with E-state index >= 15 is 0 Å². The van der Waals surface area contributed by atoms with Crippen LogP contribution in [0.2, 0.25) is 10.0 Å². The first-order valence-corrected chi connectivity index (χ1v) is 6.15. The van der Waals surface area contributed by atoms with E-state index in [1.54, 1.807) is 0 Å². The van der Waals surface area contributed by atoms with Crippen LogP contribution in [0.25, 0.3) is 0 Å². The Hall–Kier alpha value is -0.300. The van der Waals surface area contributed by atoms with Crippen molar-refractivity contribution < 1.29 is 17.7 Å². The summed E-state index contributed by atoms with van der Waals surface area (Å²) in [6, 6.07) is 0.625. The lowest BCUT2D eigenvalue weighted by molar-refractivity contribution is -0.136. The Labute approximate surface area is 103 Å². The van der Waals surface area contributed by atoms with Crippen LogP contribution < -0.4 is 5.73 Å². The summed E-state index contributed by atoms with van der Waals surface area (Å²) in [6.07, 6.45) is -3.40. The summed E-state index contributed by atoms with van der Waals surface area (Å²) < 4.78 is 48.6. The summed E-state index contributed by atoms with van der Waals surface area (Å²) in [7, 11) is 0. The average Bonchev–Trinajstić information content (AvgIpc) is 2.09. The van der Waals surface area contributed by atoms with Crippen LogP contribution in [0.5, 0.6) is 0 Å². The van der Waals surface area contributed by atoms with E-state index in [1.807, 2.05) is 0 Å². The Morgan fingerprint density at radius 2 is 1.88 bits per heavy atom. The molecule has 1 aromatic carbocycles. The molecule has 0 aliphatic carbocycles. The molecule has 0 spiro atoms. The number of hydrogen-bond acceptors (Lipinski definition) is 2. The average molecular weight is 292 g/mol. The fourth-order valence-corrected chi connectivity index (χ4v) is 2.92. The van der Waals surface area contributed by atoms with Gasteiger partial charge in [0.25, 0.3) is 0 Å². The number of hydrogen-bond donors (Lipinski definition) is 1. The van der Waals surface area contributed by atoms with Crippen molar-refractivity contribution in [1.82, 2.24) is 0 Å². The highest BCUT2D eigenvalue weighted by atomic mass is 35.5. The number of anilines is 1. The third kappa shape index (κ3) is 2.51. The van der Waals surface area contributed by atoms with Crippen LogP contribution in [-0.4, -0.2) is 10.8 Å². The van der Waals surface area contributed by atoms with Crippen molar-refractivity contribution in [1.29, 1.82) is 0 Å².